The predicted molar refractivity (Wildman–Crippen MR) is 112 cm³/mol. The highest BCUT2D eigenvalue weighted by molar-refractivity contribution is 7.92. The summed E-state index contributed by atoms with van der Waals surface area (Å²) >= 11 is 0. The van der Waals surface area contributed by atoms with E-state index in [1.807, 2.05) is 13.8 Å². The lowest BCUT2D eigenvalue weighted by Crippen LogP contribution is -2.13. The number of anilines is 1. The summed E-state index contributed by atoms with van der Waals surface area (Å²) in [4.78, 5) is 12.6. The molecule has 30 heavy (non-hydrogen) atoms. The van der Waals surface area contributed by atoms with Crippen LogP contribution in [-0.4, -0.2) is 35.9 Å². The number of ether oxygens (including phenoxy) is 1. The third kappa shape index (κ3) is 4.85. The Morgan fingerprint density at radius 2 is 1.73 bits per heavy atom. The van der Waals surface area contributed by atoms with Gasteiger partial charge in [-0.1, -0.05) is 11.2 Å². The standard InChI is InChI=1S/C21H23N3O5S/c1-13(2)28-17-10-8-15(9-11-17)19(25)22-21-24-23-20(29-21)16-6-5-7-18(12-16)30(26,27)14(3)4/h5-14H,1-4H3,(H,22,24,25). The second-order valence-electron chi connectivity index (χ2n) is 7.18. The first-order valence-corrected chi connectivity index (χ1v) is 11.0. The van der Waals surface area contributed by atoms with E-state index >= 15 is 0 Å². The Balaban J connectivity index is 1.75. The Kier molecular flexibility index (Phi) is 6.21. The van der Waals surface area contributed by atoms with Crippen molar-refractivity contribution in [1.82, 2.24) is 10.2 Å². The lowest BCUT2D eigenvalue weighted by Gasteiger charge is -2.09. The zero-order valence-electron chi connectivity index (χ0n) is 17.1. The molecule has 0 aliphatic heterocycles. The third-order valence-corrected chi connectivity index (χ3v) is 6.32. The van der Waals surface area contributed by atoms with Crippen molar-refractivity contribution in [2.45, 2.75) is 43.9 Å². The molecule has 0 spiro atoms. The van der Waals surface area contributed by atoms with Crippen molar-refractivity contribution in [3.05, 3.63) is 54.1 Å². The van der Waals surface area contributed by atoms with Gasteiger partial charge in [-0.15, -0.1) is 5.10 Å². The summed E-state index contributed by atoms with van der Waals surface area (Å²) in [6.45, 7) is 7.07. The monoisotopic (exact) mass is 429 g/mol. The molecule has 0 aliphatic carbocycles. The van der Waals surface area contributed by atoms with Crippen molar-refractivity contribution in [3.8, 4) is 17.2 Å². The highest BCUT2D eigenvalue weighted by Crippen LogP contribution is 2.25. The van der Waals surface area contributed by atoms with Crippen LogP contribution in [0.15, 0.2) is 57.8 Å². The van der Waals surface area contributed by atoms with Gasteiger partial charge in [0, 0.05) is 11.1 Å². The molecule has 2 aromatic carbocycles. The van der Waals surface area contributed by atoms with Gasteiger partial charge >= 0.3 is 6.01 Å². The van der Waals surface area contributed by atoms with Crippen molar-refractivity contribution >= 4 is 21.8 Å². The van der Waals surface area contributed by atoms with E-state index in [0.29, 0.717) is 16.9 Å². The van der Waals surface area contributed by atoms with Crippen molar-refractivity contribution in [3.63, 3.8) is 0 Å². The summed E-state index contributed by atoms with van der Waals surface area (Å²) in [6, 6.07) is 12.8. The van der Waals surface area contributed by atoms with Gasteiger partial charge in [-0.25, -0.2) is 8.42 Å². The van der Waals surface area contributed by atoms with Crippen molar-refractivity contribution < 1.29 is 22.4 Å². The van der Waals surface area contributed by atoms with Crippen molar-refractivity contribution in [2.75, 3.05) is 5.32 Å². The number of nitrogens with zero attached hydrogens (tertiary/aromatic N) is 2. The van der Waals surface area contributed by atoms with Crippen LogP contribution in [0.1, 0.15) is 38.1 Å². The number of carbonyl (C=O) groups excluding carboxylic acids is 1. The number of hydrogen-bond acceptors (Lipinski definition) is 7. The zero-order chi connectivity index (χ0) is 21.9. The van der Waals surface area contributed by atoms with Crippen LogP contribution in [0.25, 0.3) is 11.5 Å². The van der Waals surface area contributed by atoms with Gasteiger partial charge in [0.25, 0.3) is 5.91 Å². The number of benzene rings is 2. The van der Waals surface area contributed by atoms with Crippen LogP contribution >= 0.6 is 0 Å². The zero-order valence-corrected chi connectivity index (χ0v) is 17.9. The number of rotatable bonds is 7. The summed E-state index contributed by atoms with van der Waals surface area (Å²) in [5, 5.41) is 9.70. The average molecular weight is 429 g/mol. The maximum atomic E-state index is 12.4. The SMILES string of the molecule is CC(C)Oc1ccc(C(=O)Nc2nnc(-c3cccc(S(=O)(=O)C(C)C)c3)o2)cc1. The molecule has 0 unspecified atom stereocenters. The number of amides is 1. The average Bonchev–Trinajstić information content (AvgIpc) is 3.16. The summed E-state index contributed by atoms with van der Waals surface area (Å²) in [7, 11) is -3.44. The van der Waals surface area contributed by atoms with Crippen molar-refractivity contribution in [2.24, 2.45) is 0 Å². The highest BCUT2D eigenvalue weighted by Gasteiger charge is 2.21. The molecule has 1 N–H and O–H groups in total. The summed E-state index contributed by atoms with van der Waals surface area (Å²) in [6.07, 6.45) is 0.0375. The van der Waals surface area contributed by atoms with E-state index in [2.05, 4.69) is 15.5 Å². The molecular weight excluding hydrogens is 406 g/mol. The third-order valence-electron chi connectivity index (χ3n) is 4.16. The fourth-order valence-corrected chi connectivity index (χ4v) is 3.70. The lowest BCUT2D eigenvalue weighted by atomic mass is 10.2. The quantitative estimate of drug-likeness (QED) is 0.605. The highest BCUT2D eigenvalue weighted by atomic mass is 32.2. The maximum Gasteiger partial charge on any atom is 0.322 e. The number of aromatic nitrogens is 2. The van der Waals surface area contributed by atoms with Crippen LogP contribution in [0.5, 0.6) is 5.75 Å². The smallest absolute Gasteiger partial charge is 0.322 e. The van der Waals surface area contributed by atoms with E-state index in [1.165, 1.54) is 12.1 Å². The van der Waals surface area contributed by atoms with Crippen LogP contribution in [0.4, 0.5) is 6.01 Å². The molecule has 1 heterocycles. The molecule has 0 aliphatic rings. The first-order chi connectivity index (χ1) is 14.2. The summed E-state index contributed by atoms with van der Waals surface area (Å²) < 4.78 is 35.8. The second-order valence-corrected chi connectivity index (χ2v) is 9.68. The van der Waals surface area contributed by atoms with Crippen LogP contribution in [0.3, 0.4) is 0 Å². The van der Waals surface area contributed by atoms with E-state index in [1.54, 1.807) is 50.2 Å². The van der Waals surface area contributed by atoms with E-state index in [0.717, 1.165) is 0 Å². The molecule has 158 valence electrons. The Morgan fingerprint density at radius 1 is 1.03 bits per heavy atom. The topological polar surface area (TPSA) is 111 Å². The first kappa shape index (κ1) is 21.5. The lowest BCUT2D eigenvalue weighted by molar-refractivity contribution is 0.102. The van der Waals surface area contributed by atoms with Gasteiger partial charge in [-0.2, -0.15) is 0 Å². The van der Waals surface area contributed by atoms with Gasteiger partial charge in [-0.05, 0) is 70.2 Å². The first-order valence-electron chi connectivity index (χ1n) is 9.42. The number of sulfone groups is 1. The molecule has 9 heteroatoms. The summed E-state index contributed by atoms with van der Waals surface area (Å²) in [5.41, 5.74) is 0.843. The largest absolute Gasteiger partial charge is 0.491 e. The second kappa shape index (κ2) is 8.66. The van der Waals surface area contributed by atoms with Crippen LogP contribution in [0, 0.1) is 0 Å². The Hall–Kier alpha value is -3.20. The minimum absolute atomic E-state index is 0.0375. The van der Waals surface area contributed by atoms with E-state index in [-0.39, 0.29) is 22.9 Å². The Morgan fingerprint density at radius 3 is 2.37 bits per heavy atom. The van der Waals surface area contributed by atoms with Crippen molar-refractivity contribution in [1.29, 1.82) is 0 Å². The van der Waals surface area contributed by atoms with Crippen LogP contribution in [-0.2, 0) is 9.84 Å². The Bertz CT molecular complexity index is 1140. The maximum absolute atomic E-state index is 12.4. The Labute approximate surface area is 175 Å². The number of nitrogens with one attached hydrogen (secondary N) is 1. The molecule has 3 rings (SSSR count). The molecule has 0 saturated heterocycles. The van der Waals surface area contributed by atoms with E-state index < -0.39 is 21.0 Å². The molecule has 0 saturated carbocycles. The van der Waals surface area contributed by atoms with Crippen LogP contribution in [0.2, 0.25) is 0 Å². The molecule has 0 fully saturated rings. The van der Waals surface area contributed by atoms with E-state index in [4.69, 9.17) is 9.15 Å². The van der Waals surface area contributed by atoms with Gasteiger partial charge < -0.3 is 9.15 Å². The van der Waals surface area contributed by atoms with E-state index in [9.17, 15) is 13.2 Å². The van der Waals surface area contributed by atoms with Gasteiger partial charge in [-0.3, -0.25) is 10.1 Å². The fourth-order valence-electron chi connectivity index (χ4n) is 2.60. The van der Waals surface area contributed by atoms with Crippen LogP contribution < -0.4 is 10.1 Å². The molecule has 3 aromatic rings. The molecule has 1 aromatic heterocycles. The number of hydrogen-bond donors (Lipinski definition) is 1. The number of carbonyl (C=O) groups is 1. The minimum Gasteiger partial charge on any atom is -0.491 e. The minimum atomic E-state index is -3.44. The molecule has 1 amide bonds. The molecule has 0 bridgehead atoms. The van der Waals surface area contributed by atoms with Gasteiger partial charge in [0.15, 0.2) is 9.84 Å². The molecule has 0 radical (unpaired) electrons. The van der Waals surface area contributed by atoms with Gasteiger partial charge in [0.05, 0.1) is 16.2 Å². The van der Waals surface area contributed by atoms with Gasteiger partial charge in [0.1, 0.15) is 5.75 Å². The normalized spacial score (nSPS) is 11.7. The molecule has 0 atom stereocenters. The summed E-state index contributed by atoms with van der Waals surface area (Å²) in [5.74, 6) is 0.349. The fraction of sp³-hybridized carbons (Fsp3) is 0.286. The molecular formula is C21H23N3O5S. The predicted octanol–water partition coefficient (Wildman–Crippen LogP) is 3.96. The molecule has 8 nitrogen and oxygen atoms in total. The van der Waals surface area contributed by atoms with Gasteiger partial charge in [0.2, 0.25) is 5.89 Å².